The van der Waals surface area contributed by atoms with Gasteiger partial charge < -0.3 is 10.8 Å². The third kappa shape index (κ3) is 2.16. The van der Waals surface area contributed by atoms with Crippen molar-refractivity contribution in [3.05, 3.63) is 30.6 Å². The van der Waals surface area contributed by atoms with Crippen molar-refractivity contribution in [2.45, 2.75) is 0 Å². The second-order valence-corrected chi connectivity index (χ2v) is 2.60. The minimum absolute atomic E-state index is 0. The van der Waals surface area contributed by atoms with Crippen LogP contribution in [0.3, 0.4) is 0 Å². The molecule has 0 aliphatic heterocycles. The fourth-order valence-electron chi connectivity index (χ4n) is 1.17. The van der Waals surface area contributed by atoms with E-state index in [1.807, 2.05) is 12.1 Å². The van der Waals surface area contributed by atoms with Crippen molar-refractivity contribution in [1.82, 2.24) is 4.98 Å². The highest BCUT2D eigenvalue weighted by molar-refractivity contribution is 8.93. The number of pyridine rings is 1. The van der Waals surface area contributed by atoms with E-state index >= 15 is 0 Å². The van der Waals surface area contributed by atoms with Crippen molar-refractivity contribution in [2.75, 3.05) is 5.73 Å². The first-order valence-electron chi connectivity index (χ1n) is 3.60. The number of hydrogen-bond donors (Lipinski definition) is 2. The Morgan fingerprint density at radius 3 is 2.57 bits per heavy atom. The van der Waals surface area contributed by atoms with Crippen LogP contribution in [0.4, 0.5) is 5.69 Å². The number of aromatic hydroxyl groups is 1. The van der Waals surface area contributed by atoms with Gasteiger partial charge in [0, 0.05) is 17.8 Å². The predicted molar refractivity (Wildman–Crippen MR) is 68.5 cm³/mol. The van der Waals surface area contributed by atoms with Gasteiger partial charge in [0.2, 0.25) is 0 Å². The lowest BCUT2D eigenvalue weighted by Crippen LogP contribution is -1.87. The highest BCUT2D eigenvalue weighted by Gasteiger charge is 2.01. The van der Waals surface area contributed by atoms with Crippen LogP contribution in [-0.2, 0) is 0 Å². The van der Waals surface area contributed by atoms with Gasteiger partial charge in [0.1, 0.15) is 5.75 Å². The van der Waals surface area contributed by atoms with Gasteiger partial charge in [-0.25, -0.2) is 0 Å². The Hall–Kier alpha value is -0.810. The highest BCUT2D eigenvalue weighted by Crippen LogP contribution is 2.28. The first kappa shape index (κ1) is 13.2. The van der Waals surface area contributed by atoms with Gasteiger partial charge in [-0.05, 0) is 17.5 Å². The molecule has 5 heteroatoms. The molecule has 0 radical (unpaired) electrons. The summed E-state index contributed by atoms with van der Waals surface area (Å²) in [5.41, 5.74) is 6.02. The van der Waals surface area contributed by atoms with Gasteiger partial charge in [0.05, 0.1) is 5.69 Å². The number of fused-ring (bicyclic) bond motifs is 1. The molecule has 1 aromatic heterocycles. The number of benzene rings is 1. The maximum Gasteiger partial charge on any atom is 0.139 e. The molecule has 2 rings (SSSR count). The largest absolute Gasteiger partial charge is 0.506 e. The van der Waals surface area contributed by atoms with Crippen LogP contribution < -0.4 is 5.73 Å². The lowest BCUT2D eigenvalue weighted by molar-refractivity contribution is 0.478. The number of phenols is 1. The van der Waals surface area contributed by atoms with Crippen molar-refractivity contribution in [3.8, 4) is 5.75 Å². The lowest BCUT2D eigenvalue weighted by Gasteiger charge is -2.02. The fourth-order valence-corrected chi connectivity index (χ4v) is 1.17. The van der Waals surface area contributed by atoms with E-state index in [0.29, 0.717) is 5.69 Å². The molecule has 0 saturated carbocycles. The number of nitrogens with two attached hydrogens (primary N) is 1. The summed E-state index contributed by atoms with van der Waals surface area (Å²) in [4.78, 5) is 3.92. The van der Waals surface area contributed by atoms with Gasteiger partial charge in [0.25, 0.3) is 0 Å². The van der Waals surface area contributed by atoms with Crippen LogP contribution in [0.2, 0.25) is 0 Å². The number of nitrogens with zero attached hydrogens (tertiary/aromatic N) is 1. The summed E-state index contributed by atoms with van der Waals surface area (Å²) in [6.45, 7) is 0. The number of nitrogen functional groups attached to an aromatic ring is 1. The van der Waals surface area contributed by atoms with Gasteiger partial charge in [-0.2, -0.15) is 0 Å². The van der Waals surface area contributed by atoms with Crippen LogP contribution in [0.15, 0.2) is 30.6 Å². The molecular formula is C9H10Br2N2O. The summed E-state index contributed by atoms with van der Waals surface area (Å²) in [6, 6.07) is 5.24. The summed E-state index contributed by atoms with van der Waals surface area (Å²) in [5, 5.41) is 11.0. The molecule has 3 nitrogen and oxygen atoms in total. The van der Waals surface area contributed by atoms with E-state index in [0.717, 1.165) is 10.8 Å². The summed E-state index contributed by atoms with van der Waals surface area (Å²) in [5.74, 6) is 0.107. The number of anilines is 1. The van der Waals surface area contributed by atoms with Crippen molar-refractivity contribution in [1.29, 1.82) is 0 Å². The summed E-state index contributed by atoms with van der Waals surface area (Å²) >= 11 is 0. The van der Waals surface area contributed by atoms with Crippen molar-refractivity contribution in [3.63, 3.8) is 0 Å². The molecule has 0 amide bonds. The van der Waals surface area contributed by atoms with E-state index in [1.165, 1.54) is 0 Å². The molecule has 3 N–H and O–H groups in total. The molecule has 14 heavy (non-hydrogen) atoms. The minimum atomic E-state index is 0. The van der Waals surface area contributed by atoms with Crippen LogP contribution in [0.25, 0.3) is 10.8 Å². The van der Waals surface area contributed by atoms with Gasteiger partial charge in [-0.15, -0.1) is 34.0 Å². The molecule has 0 atom stereocenters. The number of phenolic OH excluding ortho intramolecular Hbond substituents is 1. The van der Waals surface area contributed by atoms with Crippen LogP contribution in [0, 0.1) is 0 Å². The van der Waals surface area contributed by atoms with E-state index in [2.05, 4.69) is 4.98 Å². The molecule has 1 heterocycles. The summed E-state index contributed by atoms with van der Waals surface area (Å²) < 4.78 is 0. The summed E-state index contributed by atoms with van der Waals surface area (Å²) in [6.07, 6.45) is 3.34. The molecule has 0 spiro atoms. The Balaban J connectivity index is 0.000000845. The Bertz CT molecular complexity index is 434. The van der Waals surface area contributed by atoms with Crippen LogP contribution in [0.5, 0.6) is 5.75 Å². The first-order valence-corrected chi connectivity index (χ1v) is 3.60. The third-order valence-corrected chi connectivity index (χ3v) is 1.84. The average molecular weight is 322 g/mol. The smallest absolute Gasteiger partial charge is 0.139 e. The Kier molecular flexibility index (Phi) is 4.87. The Morgan fingerprint density at radius 2 is 1.86 bits per heavy atom. The first-order chi connectivity index (χ1) is 5.79. The number of rotatable bonds is 0. The quantitative estimate of drug-likeness (QED) is 0.579. The standard InChI is InChI=1S/C9H8N2O.2BrH/c10-9-7-5-11-4-3-6(7)1-2-8(9)12;;/h1-5,12H,10H2;2*1H. The molecule has 2 aromatic rings. The monoisotopic (exact) mass is 320 g/mol. The number of hydrogen-bond acceptors (Lipinski definition) is 3. The molecule has 0 bridgehead atoms. The van der Waals surface area contributed by atoms with Gasteiger partial charge >= 0.3 is 0 Å². The van der Waals surface area contributed by atoms with Gasteiger partial charge in [-0.1, -0.05) is 6.07 Å². The normalized spacial score (nSPS) is 8.86. The van der Waals surface area contributed by atoms with Crippen LogP contribution in [0.1, 0.15) is 0 Å². The van der Waals surface area contributed by atoms with Crippen molar-refractivity contribution < 1.29 is 5.11 Å². The van der Waals surface area contributed by atoms with Crippen molar-refractivity contribution >= 4 is 50.4 Å². The van der Waals surface area contributed by atoms with E-state index in [9.17, 15) is 5.11 Å². The maximum absolute atomic E-state index is 9.26. The third-order valence-electron chi connectivity index (χ3n) is 1.84. The lowest BCUT2D eigenvalue weighted by atomic mass is 10.1. The second kappa shape index (κ2) is 5.17. The van der Waals surface area contributed by atoms with Gasteiger partial charge in [-0.3, -0.25) is 4.98 Å². The average Bonchev–Trinajstić information content (AvgIpc) is 2.12. The maximum atomic E-state index is 9.26. The topological polar surface area (TPSA) is 59.1 Å². The molecular weight excluding hydrogens is 312 g/mol. The van der Waals surface area contributed by atoms with Crippen LogP contribution in [-0.4, -0.2) is 10.1 Å². The molecule has 0 fully saturated rings. The molecule has 76 valence electrons. The number of aromatic nitrogens is 1. The predicted octanol–water partition coefficient (Wildman–Crippen LogP) is 2.68. The zero-order valence-corrected chi connectivity index (χ0v) is 10.6. The molecule has 1 aromatic carbocycles. The van der Waals surface area contributed by atoms with E-state index in [-0.39, 0.29) is 39.7 Å². The van der Waals surface area contributed by atoms with Crippen LogP contribution >= 0.6 is 34.0 Å². The molecule has 0 aliphatic carbocycles. The van der Waals surface area contributed by atoms with E-state index in [4.69, 9.17) is 5.73 Å². The fraction of sp³-hybridized carbons (Fsp3) is 0. The van der Waals surface area contributed by atoms with Crippen molar-refractivity contribution in [2.24, 2.45) is 0 Å². The van der Waals surface area contributed by atoms with E-state index < -0.39 is 0 Å². The molecule has 0 saturated heterocycles. The zero-order chi connectivity index (χ0) is 8.55. The summed E-state index contributed by atoms with van der Waals surface area (Å²) in [7, 11) is 0. The number of halogens is 2. The molecule has 0 aliphatic rings. The SMILES string of the molecule is Br.Br.Nc1c(O)ccc2ccncc12. The molecule has 0 unspecified atom stereocenters. The van der Waals surface area contributed by atoms with E-state index in [1.54, 1.807) is 18.5 Å². The van der Waals surface area contributed by atoms with Gasteiger partial charge in [0.15, 0.2) is 0 Å². The zero-order valence-electron chi connectivity index (χ0n) is 7.18. The Morgan fingerprint density at radius 1 is 1.14 bits per heavy atom. The highest BCUT2D eigenvalue weighted by atomic mass is 79.9. The second-order valence-electron chi connectivity index (χ2n) is 2.60. The Labute approximate surface area is 102 Å². The minimum Gasteiger partial charge on any atom is -0.506 e.